The van der Waals surface area contributed by atoms with Gasteiger partial charge in [0.2, 0.25) is 5.95 Å². The standard InChI is InChI=1S/C39H36N6O4/c1-23-5-6-28(18-33(23)44-39-40-15-13-24(2)41-39)37(46)42-31-10-7-25(8-11-31)26-9-12-32-29(17-26)19-34(43-32)38(47)45-16-14-27-20-35(48-3)36(49-4)21-30(27)22-45/h5-13,15,17-21,43H,14,16,22H2,1-4H3,(H,42,46)(H,40,41,44). The van der Waals surface area contributed by atoms with E-state index in [9.17, 15) is 9.59 Å². The molecule has 3 N–H and O–H groups in total. The van der Waals surface area contributed by atoms with Gasteiger partial charge in [0.15, 0.2) is 11.5 Å². The molecule has 6 aromatic rings. The molecular weight excluding hydrogens is 616 g/mol. The highest BCUT2D eigenvalue weighted by Crippen LogP contribution is 2.34. The van der Waals surface area contributed by atoms with Crippen LogP contribution in [0.4, 0.5) is 17.3 Å². The molecule has 10 heteroatoms. The first-order valence-electron chi connectivity index (χ1n) is 16.0. The highest BCUT2D eigenvalue weighted by molar-refractivity contribution is 6.05. The number of hydrogen-bond donors (Lipinski definition) is 3. The Morgan fingerprint density at radius 1 is 0.837 bits per heavy atom. The molecule has 1 aliphatic heterocycles. The number of nitrogens with zero attached hydrogens (tertiary/aromatic N) is 3. The van der Waals surface area contributed by atoms with E-state index in [-0.39, 0.29) is 11.8 Å². The van der Waals surface area contributed by atoms with Crippen LogP contribution in [0, 0.1) is 13.8 Å². The molecule has 0 atom stereocenters. The quantitative estimate of drug-likeness (QED) is 0.156. The Hall–Kier alpha value is -6.16. The molecule has 10 nitrogen and oxygen atoms in total. The average Bonchev–Trinajstić information content (AvgIpc) is 3.55. The first-order chi connectivity index (χ1) is 23.8. The van der Waals surface area contributed by atoms with Gasteiger partial charge in [0, 0.05) is 52.8 Å². The van der Waals surface area contributed by atoms with Crippen LogP contribution in [0.15, 0.2) is 91.1 Å². The number of carbonyl (C=O) groups excluding carboxylic acids is 2. The second-order valence-corrected chi connectivity index (χ2v) is 12.1. The number of amides is 2. The minimum absolute atomic E-state index is 0.0433. The van der Waals surface area contributed by atoms with Crippen molar-refractivity contribution < 1.29 is 19.1 Å². The normalized spacial score (nSPS) is 12.4. The van der Waals surface area contributed by atoms with Gasteiger partial charge in [0.25, 0.3) is 11.8 Å². The molecular formula is C39H36N6O4. The predicted octanol–water partition coefficient (Wildman–Crippen LogP) is 7.45. The Morgan fingerprint density at radius 2 is 1.59 bits per heavy atom. The van der Waals surface area contributed by atoms with Crippen molar-refractivity contribution in [3.63, 3.8) is 0 Å². The van der Waals surface area contributed by atoms with E-state index >= 15 is 0 Å². The molecule has 3 heterocycles. The maximum atomic E-state index is 13.6. The van der Waals surface area contributed by atoms with Gasteiger partial charge in [-0.05, 0) is 109 Å². The van der Waals surface area contributed by atoms with Crippen molar-refractivity contribution in [1.29, 1.82) is 0 Å². The molecule has 0 saturated heterocycles. The number of ether oxygens (including phenoxy) is 2. The van der Waals surface area contributed by atoms with Crippen LogP contribution >= 0.6 is 0 Å². The van der Waals surface area contributed by atoms with E-state index in [1.807, 2.05) is 85.5 Å². The Labute approximate surface area is 284 Å². The molecule has 1 aliphatic rings. The number of aromatic amines is 1. The number of methoxy groups -OCH3 is 2. The number of anilines is 3. The van der Waals surface area contributed by atoms with E-state index in [1.54, 1.807) is 32.5 Å². The minimum atomic E-state index is -0.219. The number of nitrogens with one attached hydrogen (secondary N) is 3. The molecule has 49 heavy (non-hydrogen) atoms. The predicted molar refractivity (Wildman–Crippen MR) is 191 cm³/mol. The number of aryl methyl sites for hydroxylation is 2. The maximum Gasteiger partial charge on any atom is 0.270 e. The second kappa shape index (κ2) is 13.2. The van der Waals surface area contributed by atoms with Crippen molar-refractivity contribution in [2.45, 2.75) is 26.8 Å². The van der Waals surface area contributed by atoms with Crippen molar-refractivity contribution in [3.05, 3.63) is 125 Å². The molecule has 2 amide bonds. The molecule has 0 radical (unpaired) electrons. The zero-order chi connectivity index (χ0) is 34.1. The van der Waals surface area contributed by atoms with Crippen LogP contribution in [0.5, 0.6) is 11.5 Å². The molecule has 0 bridgehead atoms. The minimum Gasteiger partial charge on any atom is -0.493 e. The van der Waals surface area contributed by atoms with E-state index in [2.05, 4.69) is 31.7 Å². The summed E-state index contributed by atoms with van der Waals surface area (Å²) >= 11 is 0. The number of carbonyl (C=O) groups is 2. The van der Waals surface area contributed by atoms with Crippen LogP contribution in [0.3, 0.4) is 0 Å². The average molecular weight is 653 g/mol. The summed E-state index contributed by atoms with van der Waals surface area (Å²) in [5, 5.41) is 7.15. The van der Waals surface area contributed by atoms with Gasteiger partial charge in [0.1, 0.15) is 5.69 Å². The summed E-state index contributed by atoms with van der Waals surface area (Å²) in [6.07, 6.45) is 2.44. The fraction of sp³-hybridized carbons (Fsp3) is 0.179. The number of hydrogen-bond acceptors (Lipinski definition) is 7. The smallest absolute Gasteiger partial charge is 0.270 e. The van der Waals surface area contributed by atoms with Crippen molar-refractivity contribution in [1.82, 2.24) is 19.9 Å². The highest BCUT2D eigenvalue weighted by atomic mass is 16.5. The van der Waals surface area contributed by atoms with Gasteiger partial charge in [-0.15, -0.1) is 0 Å². The lowest BCUT2D eigenvalue weighted by Crippen LogP contribution is -2.36. The Kier molecular flexibility index (Phi) is 8.44. The SMILES string of the molecule is COc1cc2c(cc1OC)CN(C(=O)c1cc3cc(-c4ccc(NC(=O)c5ccc(C)c(Nc6nccc(C)n6)c5)cc4)ccc3[nH]1)CC2. The molecule has 4 aromatic carbocycles. The number of rotatable bonds is 8. The molecule has 2 aromatic heterocycles. The van der Waals surface area contributed by atoms with E-state index in [1.165, 1.54) is 5.56 Å². The van der Waals surface area contributed by atoms with Gasteiger partial charge in [-0.3, -0.25) is 9.59 Å². The van der Waals surface area contributed by atoms with Crippen LogP contribution in [0.1, 0.15) is 43.2 Å². The fourth-order valence-electron chi connectivity index (χ4n) is 6.13. The van der Waals surface area contributed by atoms with Gasteiger partial charge >= 0.3 is 0 Å². The van der Waals surface area contributed by atoms with Crippen LogP contribution in [0.25, 0.3) is 22.0 Å². The van der Waals surface area contributed by atoms with Gasteiger partial charge < -0.3 is 30.0 Å². The van der Waals surface area contributed by atoms with E-state index in [0.717, 1.165) is 51.0 Å². The van der Waals surface area contributed by atoms with Gasteiger partial charge in [-0.2, -0.15) is 0 Å². The molecule has 0 spiro atoms. The van der Waals surface area contributed by atoms with Crippen LogP contribution in [-0.4, -0.2) is 52.4 Å². The molecule has 0 fully saturated rings. The lowest BCUT2D eigenvalue weighted by Gasteiger charge is -2.29. The zero-order valence-corrected chi connectivity index (χ0v) is 27.8. The second-order valence-electron chi connectivity index (χ2n) is 12.1. The summed E-state index contributed by atoms with van der Waals surface area (Å²) in [6.45, 7) is 4.99. The molecule has 0 unspecified atom stereocenters. The first kappa shape index (κ1) is 31.4. The topological polar surface area (TPSA) is 121 Å². The number of benzene rings is 4. The summed E-state index contributed by atoms with van der Waals surface area (Å²) in [6, 6.07) is 27.0. The van der Waals surface area contributed by atoms with Crippen molar-refractivity contribution in [2.75, 3.05) is 31.4 Å². The van der Waals surface area contributed by atoms with Crippen molar-refractivity contribution in [3.8, 4) is 22.6 Å². The monoisotopic (exact) mass is 652 g/mol. The fourth-order valence-corrected chi connectivity index (χ4v) is 6.13. The molecule has 0 saturated carbocycles. The Morgan fingerprint density at radius 3 is 2.35 bits per heavy atom. The third kappa shape index (κ3) is 6.53. The van der Waals surface area contributed by atoms with Crippen LogP contribution in [0.2, 0.25) is 0 Å². The van der Waals surface area contributed by atoms with Gasteiger partial charge in [-0.1, -0.05) is 24.3 Å². The Balaban J connectivity index is 1.03. The number of fused-ring (bicyclic) bond motifs is 2. The number of H-pyrrole nitrogens is 1. The largest absolute Gasteiger partial charge is 0.493 e. The zero-order valence-electron chi connectivity index (χ0n) is 27.8. The van der Waals surface area contributed by atoms with Crippen LogP contribution in [-0.2, 0) is 13.0 Å². The highest BCUT2D eigenvalue weighted by Gasteiger charge is 2.25. The summed E-state index contributed by atoms with van der Waals surface area (Å²) < 4.78 is 10.9. The third-order valence-corrected chi connectivity index (χ3v) is 8.87. The van der Waals surface area contributed by atoms with Crippen molar-refractivity contribution in [2.24, 2.45) is 0 Å². The maximum absolute atomic E-state index is 13.6. The molecule has 0 aliphatic carbocycles. The van der Waals surface area contributed by atoms with Gasteiger partial charge in [-0.25, -0.2) is 9.97 Å². The van der Waals surface area contributed by atoms with Crippen LogP contribution < -0.4 is 20.1 Å². The van der Waals surface area contributed by atoms with Gasteiger partial charge in [0.05, 0.1) is 14.2 Å². The van der Waals surface area contributed by atoms with E-state index in [4.69, 9.17) is 9.47 Å². The summed E-state index contributed by atoms with van der Waals surface area (Å²) in [5.41, 5.74) is 9.45. The van der Waals surface area contributed by atoms with E-state index < -0.39 is 0 Å². The third-order valence-electron chi connectivity index (χ3n) is 8.87. The van der Waals surface area contributed by atoms with E-state index in [0.29, 0.717) is 47.5 Å². The summed E-state index contributed by atoms with van der Waals surface area (Å²) in [7, 11) is 3.25. The lowest BCUT2D eigenvalue weighted by atomic mass is 9.98. The molecule has 246 valence electrons. The first-order valence-corrected chi connectivity index (χ1v) is 16.0. The summed E-state index contributed by atoms with van der Waals surface area (Å²) in [4.78, 5) is 40.6. The number of aromatic nitrogens is 3. The van der Waals surface area contributed by atoms with Crippen molar-refractivity contribution >= 4 is 40.0 Å². The Bertz CT molecular complexity index is 2210. The molecule has 7 rings (SSSR count). The lowest BCUT2D eigenvalue weighted by molar-refractivity contribution is 0.0729. The summed E-state index contributed by atoms with van der Waals surface area (Å²) in [5.74, 6) is 1.58.